The van der Waals surface area contributed by atoms with E-state index < -0.39 is 34.7 Å². The van der Waals surface area contributed by atoms with E-state index in [1.165, 1.54) is 11.8 Å². The van der Waals surface area contributed by atoms with Gasteiger partial charge in [-0.1, -0.05) is 52.7 Å². The minimum absolute atomic E-state index is 0.0580. The molecule has 0 spiro atoms. The largest absolute Gasteiger partial charge is 0.461 e. The van der Waals surface area contributed by atoms with Crippen LogP contribution in [-0.4, -0.2) is 53.1 Å². The van der Waals surface area contributed by atoms with Crippen LogP contribution in [0.4, 0.5) is 4.79 Å². The number of nitrogens with one attached hydrogen (secondary N) is 2. The average molecular weight is 686 g/mol. The molecule has 4 rings (SSSR count). The van der Waals surface area contributed by atoms with Gasteiger partial charge >= 0.3 is 12.1 Å². The van der Waals surface area contributed by atoms with Gasteiger partial charge in [0.25, 0.3) is 0 Å². The van der Waals surface area contributed by atoms with Gasteiger partial charge in [0.1, 0.15) is 34.7 Å². The number of amides is 1. The number of carbonyl (C=O) groups is 3. The third-order valence-corrected chi connectivity index (χ3v) is 12.9. The Hall–Kier alpha value is -2.75. The Morgan fingerprint density at radius 1 is 1.12 bits per heavy atom. The molecule has 266 valence electrons. The monoisotopic (exact) mass is 685 g/mol. The summed E-state index contributed by atoms with van der Waals surface area (Å²) in [5.74, 6) is -0.0488. The molecule has 0 aromatic heterocycles. The van der Waals surface area contributed by atoms with Crippen LogP contribution in [0.25, 0.3) is 0 Å². The summed E-state index contributed by atoms with van der Waals surface area (Å²) in [5, 5.41) is 18.7. The first kappa shape index (κ1) is 38.1. The van der Waals surface area contributed by atoms with Gasteiger partial charge in [0.05, 0.1) is 11.9 Å². The van der Waals surface area contributed by atoms with Crippen LogP contribution in [0.5, 0.6) is 0 Å². The molecular formula is C37H57N4O6S+. The zero-order valence-corrected chi connectivity index (χ0v) is 30.8. The SMILES string of the molecule is C[C@@H]1CC[C@@]23CCC(=O)[C@H]2[C@]1(C)[C@H](OC(=O)CSc1ccc(CN=[N+]=N)cc1)C[C@](C)(CCCCCNC(=O)OC(C)(C)C)[C@@H](O)[C@@H]3C. The van der Waals surface area contributed by atoms with E-state index in [0.29, 0.717) is 25.9 Å². The number of unbranched alkanes of at least 4 members (excludes halogenated alkanes) is 2. The fourth-order valence-corrected chi connectivity index (χ4v) is 9.76. The Labute approximate surface area is 290 Å². The van der Waals surface area contributed by atoms with E-state index in [1.54, 1.807) is 0 Å². The summed E-state index contributed by atoms with van der Waals surface area (Å²) >= 11 is 1.41. The predicted molar refractivity (Wildman–Crippen MR) is 185 cm³/mol. The number of ether oxygens (including phenoxy) is 2. The van der Waals surface area contributed by atoms with E-state index in [1.807, 2.05) is 45.0 Å². The number of aliphatic hydroxyl groups excluding tert-OH is 1. The number of alkyl carbamates (subject to hydrolysis) is 1. The van der Waals surface area contributed by atoms with Gasteiger partial charge in [-0.3, -0.25) is 9.59 Å². The molecule has 0 unspecified atom stereocenters. The normalized spacial score (nSPS) is 33.1. The fraction of sp³-hybridized carbons (Fsp3) is 0.757. The summed E-state index contributed by atoms with van der Waals surface area (Å²) < 4.78 is 11.8. The van der Waals surface area contributed by atoms with Crippen molar-refractivity contribution in [2.45, 2.75) is 136 Å². The minimum Gasteiger partial charge on any atom is -0.461 e. The van der Waals surface area contributed by atoms with Crippen molar-refractivity contribution >= 4 is 29.6 Å². The minimum atomic E-state index is -0.646. The van der Waals surface area contributed by atoms with Crippen molar-refractivity contribution in [1.29, 1.82) is 5.53 Å². The van der Waals surface area contributed by atoms with Crippen LogP contribution < -0.4 is 10.2 Å². The van der Waals surface area contributed by atoms with Crippen LogP contribution in [-0.2, 0) is 25.6 Å². The van der Waals surface area contributed by atoms with Gasteiger partial charge in [0.15, 0.2) is 0 Å². The topological polar surface area (TPSA) is 152 Å². The second-order valence-corrected chi connectivity index (χ2v) is 17.1. The molecule has 0 aliphatic heterocycles. The molecule has 10 nitrogen and oxygen atoms in total. The summed E-state index contributed by atoms with van der Waals surface area (Å²) in [6.07, 6.45) is 5.32. The number of hydrogen-bond donors (Lipinski definition) is 3. The van der Waals surface area contributed by atoms with Crippen molar-refractivity contribution in [3.63, 3.8) is 0 Å². The maximum absolute atomic E-state index is 13.8. The molecule has 3 N–H and O–H groups in total. The van der Waals surface area contributed by atoms with Gasteiger partial charge in [0.2, 0.25) is 4.91 Å². The lowest BCUT2D eigenvalue weighted by Gasteiger charge is -2.62. The number of carbonyl (C=O) groups excluding carboxylic acids is 3. The third kappa shape index (κ3) is 8.33. The number of benzene rings is 1. The molecule has 3 saturated carbocycles. The van der Waals surface area contributed by atoms with Crippen molar-refractivity contribution in [2.75, 3.05) is 12.3 Å². The predicted octanol–water partition coefficient (Wildman–Crippen LogP) is 7.63. The lowest BCUT2D eigenvalue weighted by Crippen LogP contribution is -2.63. The molecule has 1 aromatic carbocycles. The van der Waals surface area contributed by atoms with Gasteiger partial charge < -0.3 is 19.9 Å². The quantitative estimate of drug-likeness (QED) is 0.0672. The van der Waals surface area contributed by atoms with Crippen LogP contribution in [0.1, 0.15) is 112 Å². The summed E-state index contributed by atoms with van der Waals surface area (Å²) in [5.41, 5.74) is 5.87. The maximum atomic E-state index is 13.8. The molecular weight excluding hydrogens is 628 g/mol. The Balaban J connectivity index is 1.51. The first-order valence-electron chi connectivity index (χ1n) is 17.7. The highest BCUT2D eigenvalue weighted by Gasteiger charge is 2.68. The van der Waals surface area contributed by atoms with E-state index >= 15 is 0 Å². The summed E-state index contributed by atoms with van der Waals surface area (Å²) in [6.45, 7) is 15.1. The molecule has 11 heteroatoms. The van der Waals surface area contributed by atoms with Gasteiger partial charge in [-0.2, -0.15) is 0 Å². The maximum Gasteiger partial charge on any atom is 0.407 e. The Kier molecular flexibility index (Phi) is 12.2. The molecule has 1 aromatic rings. The first-order chi connectivity index (χ1) is 22.6. The van der Waals surface area contributed by atoms with Crippen molar-refractivity contribution < 1.29 is 29.0 Å². The van der Waals surface area contributed by atoms with Crippen LogP contribution in [0.15, 0.2) is 34.3 Å². The van der Waals surface area contributed by atoms with E-state index in [9.17, 15) is 19.5 Å². The third-order valence-electron chi connectivity index (χ3n) is 11.9. The van der Waals surface area contributed by atoms with Crippen molar-refractivity contribution in [3.05, 3.63) is 29.8 Å². The molecule has 2 bridgehead atoms. The van der Waals surface area contributed by atoms with E-state index in [4.69, 9.17) is 15.0 Å². The standard InChI is InChI=1S/C37H56N4O6S/c1-24-15-18-37-19-16-28(42)31(37)36(24,7)29(46-30(43)23-48-27-13-11-26(12-14-27)22-40-41-38)21-35(6,32(44)25(37)2)17-9-8-10-20-39-33(45)47-34(3,4)5/h11-14,24-25,29,31-32,38,44H,8-10,15-23H2,1-7H3/p+1/t24-,25+,29-,31+,32+,35+,36+,37+/m1/s1. The molecule has 0 saturated heterocycles. The Morgan fingerprint density at radius 3 is 2.50 bits per heavy atom. The molecule has 1 amide bonds. The summed E-state index contributed by atoms with van der Waals surface area (Å²) in [4.78, 5) is 43.4. The number of esters is 1. The van der Waals surface area contributed by atoms with Crippen molar-refractivity contribution in [1.82, 2.24) is 10.2 Å². The van der Waals surface area contributed by atoms with Crippen LogP contribution in [0, 0.1) is 39.5 Å². The highest BCUT2D eigenvalue weighted by atomic mass is 32.2. The molecule has 3 aliphatic rings. The van der Waals surface area contributed by atoms with E-state index in [0.717, 1.165) is 55.4 Å². The number of nitrogens with zero attached hydrogens (tertiary/aromatic N) is 2. The van der Waals surface area contributed by atoms with Crippen LogP contribution in [0.2, 0.25) is 0 Å². The first-order valence-corrected chi connectivity index (χ1v) is 18.7. The zero-order valence-electron chi connectivity index (χ0n) is 30.0. The molecule has 8 atom stereocenters. The number of ketones is 1. The Bertz CT molecular complexity index is 1360. The van der Waals surface area contributed by atoms with Crippen LogP contribution >= 0.6 is 11.8 Å². The van der Waals surface area contributed by atoms with Gasteiger partial charge in [-0.05, 0) is 99.7 Å². The second kappa shape index (κ2) is 15.4. The zero-order chi connectivity index (χ0) is 35.3. The number of hydrogen-bond acceptors (Lipinski definition) is 9. The second-order valence-electron chi connectivity index (χ2n) is 16.1. The van der Waals surface area contributed by atoms with Crippen molar-refractivity contribution in [3.8, 4) is 0 Å². The highest BCUT2D eigenvalue weighted by Crippen LogP contribution is 2.68. The summed E-state index contributed by atoms with van der Waals surface area (Å²) in [6, 6.07) is 7.68. The molecule has 0 radical (unpaired) electrons. The molecule has 3 aliphatic carbocycles. The number of thioether (sulfide) groups is 1. The van der Waals surface area contributed by atoms with Crippen molar-refractivity contribution in [2.24, 2.45) is 39.1 Å². The Morgan fingerprint density at radius 2 is 1.83 bits per heavy atom. The van der Waals surface area contributed by atoms with E-state index in [-0.39, 0.29) is 40.7 Å². The average Bonchev–Trinajstić information content (AvgIpc) is 3.38. The highest BCUT2D eigenvalue weighted by molar-refractivity contribution is 8.00. The summed E-state index contributed by atoms with van der Waals surface area (Å²) in [7, 11) is 0. The van der Waals surface area contributed by atoms with Gasteiger partial charge in [-0.15, -0.1) is 11.8 Å². The molecule has 48 heavy (non-hydrogen) atoms. The molecule has 3 fully saturated rings. The number of Topliss-reactive ketones (excluding diaryl/α,β-unsaturated/α-hetero) is 1. The number of aliphatic hydroxyl groups is 1. The lowest BCUT2D eigenvalue weighted by molar-refractivity contribution is -0.211. The van der Waals surface area contributed by atoms with Gasteiger partial charge in [0, 0.05) is 29.2 Å². The van der Waals surface area contributed by atoms with Crippen LogP contribution in [0.3, 0.4) is 0 Å². The number of rotatable bonds is 12. The smallest absolute Gasteiger partial charge is 0.407 e. The van der Waals surface area contributed by atoms with E-state index in [2.05, 4.69) is 43.0 Å². The van der Waals surface area contributed by atoms with Gasteiger partial charge in [-0.25, -0.2) is 4.79 Å². The molecule has 0 heterocycles. The lowest BCUT2D eigenvalue weighted by atomic mass is 9.43. The fourth-order valence-electron chi connectivity index (χ4n) is 9.08.